The summed E-state index contributed by atoms with van der Waals surface area (Å²) in [6, 6.07) is 1.54. The van der Waals surface area contributed by atoms with Crippen molar-refractivity contribution in [1.29, 1.82) is 0 Å². The van der Waals surface area contributed by atoms with Crippen LogP contribution in [0.5, 0.6) is 0 Å². The van der Waals surface area contributed by atoms with Crippen LogP contribution in [0.4, 0.5) is 0 Å². The number of hydrogen-bond donors (Lipinski definition) is 0. The van der Waals surface area contributed by atoms with Crippen LogP contribution >= 0.6 is 11.3 Å². The average molecular weight is 153 g/mol. The third-order valence-corrected chi connectivity index (χ3v) is 1.84. The first kappa shape index (κ1) is 4.62. The molecule has 0 fully saturated rings. The van der Waals surface area contributed by atoms with Gasteiger partial charge in [-0.3, -0.25) is 0 Å². The molecule has 2 heterocycles. The molecule has 2 rings (SSSR count). The van der Waals surface area contributed by atoms with Gasteiger partial charge in [-0.05, 0) is 0 Å². The van der Waals surface area contributed by atoms with E-state index >= 15 is 0 Å². The number of nitrogens with zero attached hydrogens (tertiary/aromatic N) is 2. The minimum absolute atomic E-state index is 0.0650. The molecule has 0 spiro atoms. The molecule has 0 aliphatic carbocycles. The maximum Gasteiger partial charge on any atom is 0.145 e. The van der Waals surface area contributed by atoms with E-state index in [0.717, 1.165) is 5.01 Å². The second-order valence-electron chi connectivity index (χ2n) is 1.67. The summed E-state index contributed by atoms with van der Waals surface area (Å²) in [4.78, 5) is 4.01. The standard InChI is InChI=1S/C6H4N2OS/c1-3-9-8-5(1)6-7-2-4-10-6/h1-4H/i3D. The van der Waals surface area contributed by atoms with E-state index in [1.165, 1.54) is 11.3 Å². The molecular weight excluding hydrogens is 148 g/mol. The molecule has 0 aliphatic heterocycles. The van der Waals surface area contributed by atoms with Crippen LogP contribution in [0.25, 0.3) is 10.7 Å². The minimum Gasteiger partial charge on any atom is -0.364 e. The largest absolute Gasteiger partial charge is 0.364 e. The molecule has 4 heteroatoms. The van der Waals surface area contributed by atoms with Crippen LogP contribution < -0.4 is 0 Å². The zero-order valence-corrected chi connectivity index (χ0v) is 5.76. The molecule has 0 aromatic carbocycles. The van der Waals surface area contributed by atoms with Crippen LogP contribution in [0.15, 0.2) is 28.4 Å². The first-order valence-corrected chi connectivity index (χ1v) is 3.57. The lowest BCUT2D eigenvalue weighted by atomic mass is 10.5. The van der Waals surface area contributed by atoms with Gasteiger partial charge in [0.05, 0.1) is 0 Å². The Kier molecular flexibility index (Phi) is 1.03. The van der Waals surface area contributed by atoms with Crippen LogP contribution in [0, 0.1) is 0 Å². The predicted molar refractivity (Wildman–Crippen MR) is 37.6 cm³/mol. The molecule has 0 amide bonds. The van der Waals surface area contributed by atoms with E-state index in [0.29, 0.717) is 5.69 Å². The van der Waals surface area contributed by atoms with Crippen LogP contribution in [0.2, 0.25) is 0 Å². The van der Waals surface area contributed by atoms with Crippen molar-refractivity contribution in [2.45, 2.75) is 0 Å². The summed E-state index contributed by atoms with van der Waals surface area (Å²) in [5.41, 5.74) is 0.630. The summed E-state index contributed by atoms with van der Waals surface area (Å²) in [6.45, 7) is 0. The van der Waals surface area contributed by atoms with Gasteiger partial charge >= 0.3 is 0 Å². The second kappa shape index (κ2) is 2.22. The number of thiazole rings is 1. The molecule has 0 bridgehead atoms. The summed E-state index contributed by atoms with van der Waals surface area (Å²) >= 11 is 1.47. The van der Waals surface area contributed by atoms with Gasteiger partial charge in [0.2, 0.25) is 0 Å². The highest BCUT2D eigenvalue weighted by atomic mass is 32.1. The van der Waals surface area contributed by atoms with E-state index in [1.54, 1.807) is 12.3 Å². The molecule has 50 valence electrons. The molecule has 3 nitrogen and oxygen atoms in total. The minimum atomic E-state index is 0.0650. The predicted octanol–water partition coefficient (Wildman–Crippen LogP) is 1.80. The Hall–Kier alpha value is -1.16. The molecule has 0 unspecified atom stereocenters. The van der Waals surface area contributed by atoms with E-state index in [-0.39, 0.29) is 6.24 Å². The van der Waals surface area contributed by atoms with E-state index < -0.39 is 0 Å². The Morgan fingerprint density at radius 1 is 1.70 bits per heavy atom. The van der Waals surface area contributed by atoms with Crippen LogP contribution in [0.1, 0.15) is 1.37 Å². The number of hydrogen-bond acceptors (Lipinski definition) is 4. The zero-order chi connectivity index (χ0) is 7.68. The van der Waals surface area contributed by atoms with Gasteiger partial charge in [-0.2, -0.15) is 0 Å². The van der Waals surface area contributed by atoms with Crippen molar-refractivity contribution in [2.75, 3.05) is 0 Å². The molecule has 0 radical (unpaired) electrons. The maximum atomic E-state index is 7.07. The SMILES string of the molecule is [2H]c1cc(-c2nccs2)no1. The topological polar surface area (TPSA) is 38.9 Å². The van der Waals surface area contributed by atoms with Crippen molar-refractivity contribution in [3.8, 4) is 10.7 Å². The molecule has 0 saturated carbocycles. The third-order valence-electron chi connectivity index (χ3n) is 1.04. The van der Waals surface area contributed by atoms with Gasteiger partial charge in [0, 0.05) is 17.6 Å². The fourth-order valence-corrected chi connectivity index (χ4v) is 1.22. The lowest BCUT2D eigenvalue weighted by Gasteiger charge is -1.80. The van der Waals surface area contributed by atoms with E-state index in [4.69, 9.17) is 1.37 Å². The van der Waals surface area contributed by atoms with Crippen molar-refractivity contribution < 1.29 is 5.89 Å². The Bertz CT molecular complexity index is 343. The van der Waals surface area contributed by atoms with Crippen molar-refractivity contribution >= 4 is 11.3 Å². The highest BCUT2D eigenvalue weighted by Gasteiger charge is 2.01. The fourth-order valence-electron chi connectivity index (χ4n) is 0.635. The zero-order valence-electron chi connectivity index (χ0n) is 5.94. The Morgan fingerprint density at radius 3 is 3.30 bits per heavy atom. The molecule has 0 N–H and O–H groups in total. The Morgan fingerprint density at radius 2 is 2.70 bits per heavy atom. The van der Waals surface area contributed by atoms with Gasteiger partial charge in [-0.25, -0.2) is 4.98 Å². The molecular formula is C6H4N2OS. The van der Waals surface area contributed by atoms with E-state index in [9.17, 15) is 0 Å². The summed E-state index contributed by atoms with van der Waals surface area (Å²) in [7, 11) is 0. The van der Waals surface area contributed by atoms with Crippen molar-refractivity contribution in [2.24, 2.45) is 0 Å². The van der Waals surface area contributed by atoms with Crippen LogP contribution in [-0.4, -0.2) is 10.1 Å². The third kappa shape index (κ3) is 0.823. The quantitative estimate of drug-likeness (QED) is 0.627. The molecule has 0 saturated heterocycles. The number of rotatable bonds is 1. The van der Waals surface area contributed by atoms with Gasteiger partial charge in [0.25, 0.3) is 0 Å². The first-order valence-electron chi connectivity index (χ1n) is 3.19. The highest BCUT2D eigenvalue weighted by Crippen LogP contribution is 2.18. The van der Waals surface area contributed by atoms with Crippen LogP contribution in [0.3, 0.4) is 0 Å². The lowest BCUT2D eigenvalue weighted by Crippen LogP contribution is -1.70. The first-order chi connectivity index (χ1) is 5.36. The summed E-state index contributed by atoms with van der Waals surface area (Å²) < 4.78 is 11.6. The summed E-state index contributed by atoms with van der Waals surface area (Å²) in [5, 5.41) is 6.28. The van der Waals surface area contributed by atoms with Gasteiger partial charge in [0.1, 0.15) is 18.3 Å². The monoisotopic (exact) mass is 153 g/mol. The van der Waals surface area contributed by atoms with E-state index in [2.05, 4.69) is 14.7 Å². The smallest absolute Gasteiger partial charge is 0.145 e. The van der Waals surface area contributed by atoms with Gasteiger partial charge < -0.3 is 4.52 Å². The van der Waals surface area contributed by atoms with Crippen molar-refractivity contribution in [3.05, 3.63) is 23.9 Å². The van der Waals surface area contributed by atoms with Gasteiger partial charge in [-0.15, -0.1) is 11.3 Å². The Labute approximate surface area is 62.7 Å². The second-order valence-corrected chi connectivity index (χ2v) is 2.56. The normalized spacial score (nSPS) is 11.4. The van der Waals surface area contributed by atoms with Gasteiger partial charge in [-0.1, -0.05) is 5.16 Å². The fraction of sp³-hybridized carbons (Fsp3) is 0. The molecule has 10 heavy (non-hydrogen) atoms. The molecule has 0 aliphatic rings. The van der Waals surface area contributed by atoms with E-state index in [1.807, 2.05) is 5.38 Å². The molecule has 2 aromatic rings. The summed E-state index contributed by atoms with van der Waals surface area (Å²) in [6.07, 6.45) is 1.76. The van der Waals surface area contributed by atoms with Crippen molar-refractivity contribution in [3.63, 3.8) is 0 Å². The summed E-state index contributed by atoms with van der Waals surface area (Å²) in [5.74, 6) is 0. The van der Waals surface area contributed by atoms with Gasteiger partial charge in [0.15, 0.2) is 0 Å². The maximum absolute atomic E-state index is 7.07. The number of aromatic nitrogens is 2. The molecule has 0 atom stereocenters. The highest BCUT2D eigenvalue weighted by molar-refractivity contribution is 7.13. The lowest BCUT2D eigenvalue weighted by molar-refractivity contribution is 0.422. The molecule has 2 aromatic heterocycles. The average Bonchev–Trinajstić information content (AvgIpc) is 2.55. The van der Waals surface area contributed by atoms with Crippen LogP contribution in [-0.2, 0) is 0 Å². The van der Waals surface area contributed by atoms with Crippen molar-refractivity contribution in [1.82, 2.24) is 10.1 Å². The Balaban J connectivity index is 2.45.